The van der Waals surface area contributed by atoms with Gasteiger partial charge >= 0.3 is 0 Å². The quantitative estimate of drug-likeness (QED) is 0.391. The highest BCUT2D eigenvalue weighted by molar-refractivity contribution is 9.10. The first kappa shape index (κ1) is 24.0. The second kappa shape index (κ2) is 11.8. The van der Waals surface area contributed by atoms with E-state index in [2.05, 4.69) is 67.5 Å². The molecular weight excluding hydrogens is 500 g/mol. The Hall–Kier alpha value is -2.16. The van der Waals surface area contributed by atoms with E-state index in [1.54, 1.807) is 0 Å². The van der Waals surface area contributed by atoms with Gasteiger partial charge in [0.2, 0.25) is 17.6 Å². The van der Waals surface area contributed by atoms with Gasteiger partial charge in [-0.3, -0.25) is 9.69 Å². The zero-order valence-corrected chi connectivity index (χ0v) is 21.2. The smallest absolute Gasteiger partial charge is 0.241 e. The summed E-state index contributed by atoms with van der Waals surface area (Å²) in [5.74, 6) is 3.22. The highest BCUT2D eigenvalue weighted by Crippen LogP contribution is 2.22. The van der Waals surface area contributed by atoms with E-state index in [0.29, 0.717) is 24.8 Å². The summed E-state index contributed by atoms with van der Waals surface area (Å²) in [5.41, 5.74) is 3.52. The molecule has 1 saturated heterocycles. The lowest BCUT2D eigenvalue weighted by molar-refractivity contribution is -0.126. The van der Waals surface area contributed by atoms with Gasteiger partial charge in [-0.15, -0.1) is 0 Å². The average molecular weight is 530 g/mol. The molecule has 0 radical (unpaired) electrons. The van der Waals surface area contributed by atoms with Crippen LogP contribution in [0, 0.1) is 12.8 Å². The summed E-state index contributed by atoms with van der Waals surface area (Å²) in [6, 6.07) is 16.5. The fraction of sp³-hybridized carbons (Fsp3) is 0.400. The standard InChI is InChI=1S/C25H29BrN4O2S/c1-18-4-6-19(7-5-18)17-33-14-12-27-25(31)21-3-2-13-30(15-21)16-23-28-24(29-32-23)20-8-10-22(26)11-9-20/h4-11,21H,2-3,12-17H2,1H3,(H,27,31). The molecule has 2 heterocycles. The van der Waals surface area contributed by atoms with Crippen molar-refractivity contribution in [1.29, 1.82) is 0 Å². The Labute approximate surface area is 207 Å². The number of nitrogens with one attached hydrogen (secondary N) is 1. The van der Waals surface area contributed by atoms with Gasteiger partial charge in [0, 0.05) is 34.6 Å². The van der Waals surface area contributed by atoms with E-state index in [0.717, 1.165) is 47.5 Å². The van der Waals surface area contributed by atoms with Gasteiger partial charge in [-0.2, -0.15) is 16.7 Å². The molecule has 0 bridgehead atoms. The maximum absolute atomic E-state index is 12.7. The highest BCUT2D eigenvalue weighted by atomic mass is 79.9. The number of benzene rings is 2. The zero-order valence-electron chi connectivity index (χ0n) is 18.8. The van der Waals surface area contributed by atoms with Crippen LogP contribution in [0.4, 0.5) is 0 Å². The normalized spacial score (nSPS) is 16.6. The van der Waals surface area contributed by atoms with Crippen LogP contribution in [0.15, 0.2) is 57.5 Å². The number of likely N-dealkylation sites (tertiary alicyclic amines) is 1. The molecule has 1 aromatic heterocycles. The molecular formula is C25H29BrN4O2S. The molecule has 0 aliphatic carbocycles. The maximum Gasteiger partial charge on any atom is 0.241 e. The minimum Gasteiger partial charge on any atom is -0.355 e. The number of nitrogens with zero attached hydrogens (tertiary/aromatic N) is 3. The van der Waals surface area contributed by atoms with Crippen LogP contribution in [0.3, 0.4) is 0 Å². The van der Waals surface area contributed by atoms with Gasteiger partial charge in [0.1, 0.15) is 0 Å². The molecule has 0 saturated carbocycles. The second-order valence-corrected chi connectivity index (χ2v) is 10.4. The SMILES string of the molecule is Cc1ccc(CSCCNC(=O)C2CCCN(Cc3nc(-c4ccc(Br)cc4)no3)C2)cc1. The Balaban J connectivity index is 1.19. The Bertz CT molecular complexity index is 1040. The summed E-state index contributed by atoms with van der Waals surface area (Å²) in [6.45, 7) is 5.03. The molecule has 1 N–H and O–H groups in total. The summed E-state index contributed by atoms with van der Waals surface area (Å²) in [4.78, 5) is 19.5. The number of amides is 1. The van der Waals surface area contributed by atoms with Gasteiger partial charge in [0.15, 0.2) is 0 Å². The van der Waals surface area contributed by atoms with E-state index in [1.807, 2.05) is 36.0 Å². The van der Waals surface area contributed by atoms with E-state index in [9.17, 15) is 4.79 Å². The van der Waals surface area contributed by atoms with Crippen molar-refractivity contribution in [3.8, 4) is 11.4 Å². The van der Waals surface area contributed by atoms with Crippen LogP contribution in [0.2, 0.25) is 0 Å². The molecule has 1 aliphatic heterocycles. The fourth-order valence-electron chi connectivity index (χ4n) is 3.90. The molecule has 1 atom stereocenters. The van der Waals surface area contributed by atoms with E-state index in [1.165, 1.54) is 11.1 Å². The number of halogens is 1. The highest BCUT2D eigenvalue weighted by Gasteiger charge is 2.26. The Morgan fingerprint density at radius 2 is 2.00 bits per heavy atom. The van der Waals surface area contributed by atoms with E-state index in [-0.39, 0.29) is 11.8 Å². The van der Waals surface area contributed by atoms with Crippen LogP contribution < -0.4 is 5.32 Å². The van der Waals surface area contributed by atoms with E-state index >= 15 is 0 Å². The Morgan fingerprint density at radius 3 is 2.79 bits per heavy atom. The zero-order chi connectivity index (χ0) is 23.0. The second-order valence-electron chi connectivity index (χ2n) is 8.42. The molecule has 8 heteroatoms. The number of piperidine rings is 1. The van der Waals surface area contributed by atoms with Gasteiger partial charge in [-0.1, -0.05) is 50.9 Å². The number of aryl methyl sites for hydroxylation is 1. The first-order valence-corrected chi connectivity index (χ1v) is 13.2. The molecule has 1 aliphatic rings. The Morgan fingerprint density at radius 1 is 1.21 bits per heavy atom. The summed E-state index contributed by atoms with van der Waals surface area (Å²) in [5, 5.41) is 7.23. The van der Waals surface area contributed by atoms with Crippen molar-refractivity contribution in [3.05, 3.63) is 70.0 Å². The lowest BCUT2D eigenvalue weighted by Crippen LogP contribution is -2.43. The molecule has 3 aromatic rings. The van der Waals surface area contributed by atoms with Crippen molar-refractivity contribution in [3.63, 3.8) is 0 Å². The van der Waals surface area contributed by atoms with E-state index < -0.39 is 0 Å². The predicted molar refractivity (Wildman–Crippen MR) is 136 cm³/mol. The molecule has 0 spiro atoms. The fourth-order valence-corrected chi connectivity index (χ4v) is 4.99. The molecule has 33 heavy (non-hydrogen) atoms. The maximum atomic E-state index is 12.7. The van der Waals surface area contributed by atoms with Crippen molar-refractivity contribution in [2.75, 3.05) is 25.4 Å². The third-order valence-corrected chi connectivity index (χ3v) is 7.30. The van der Waals surface area contributed by atoms with Crippen molar-refractivity contribution < 1.29 is 9.32 Å². The van der Waals surface area contributed by atoms with Crippen LogP contribution in [0.25, 0.3) is 11.4 Å². The summed E-state index contributed by atoms with van der Waals surface area (Å²) >= 11 is 5.29. The third kappa shape index (κ3) is 7.16. The topological polar surface area (TPSA) is 71.3 Å². The van der Waals surface area contributed by atoms with E-state index in [4.69, 9.17) is 4.52 Å². The van der Waals surface area contributed by atoms with Crippen molar-refractivity contribution in [2.24, 2.45) is 5.92 Å². The number of rotatable bonds is 9. The minimum absolute atomic E-state index is 0.00899. The van der Waals surface area contributed by atoms with Crippen LogP contribution in [-0.4, -0.2) is 46.3 Å². The van der Waals surface area contributed by atoms with Gasteiger partial charge in [-0.25, -0.2) is 0 Å². The Kier molecular flexibility index (Phi) is 8.58. The molecule has 1 amide bonds. The number of hydrogen-bond acceptors (Lipinski definition) is 6. The lowest BCUT2D eigenvalue weighted by Gasteiger charge is -2.30. The lowest BCUT2D eigenvalue weighted by atomic mass is 9.97. The number of aromatic nitrogens is 2. The van der Waals surface area contributed by atoms with Gasteiger partial charge < -0.3 is 9.84 Å². The van der Waals surface area contributed by atoms with Gasteiger partial charge in [0.05, 0.1) is 12.5 Å². The monoisotopic (exact) mass is 528 g/mol. The molecule has 1 unspecified atom stereocenters. The number of thioether (sulfide) groups is 1. The predicted octanol–water partition coefficient (Wildman–Crippen LogP) is 5.07. The van der Waals surface area contributed by atoms with Crippen molar-refractivity contribution in [1.82, 2.24) is 20.4 Å². The molecule has 174 valence electrons. The minimum atomic E-state index is 0.00899. The van der Waals surface area contributed by atoms with Crippen molar-refractivity contribution >= 4 is 33.6 Å². The first-order chi connectivity index (χ1) is 16.1. The largest absolute Gasteiger partial charge is 0.355 e. The third-order valence-electron chi connectivity index (χ3n) is 5.74. The van der Waals surface area contributed by atoms with Gasteiger partial charge in [-0.05, 0) is 56.1 Å². The first-order valence-electron chi connectivity index (χ1n) is 11.3. The van der Waals surface area contributed by atoms with Crippen LogP contribution in [0.1, 0.15) is 29.9 Å². The van der Waals surface area contributed by atoms with Crippen LogP contribution >= 0.6 is 27.7 Å². The number of hydrogen-bond donors (Lipinski definition) is 1. The molecule has 2 aromatic carbocycles. The molecule has 4 rings (SSSR count). The molecule has 1 fully saturated rings. The summed E-state index contributed by atoms with van der Waals surface area (Å²) < 4.78 is 6.48. The number of carbonyl (C=O) groups is 1. The van der Waals surface area contributed by atoms with Crippen LogP contribution in [0.5, 0.6) is 0 Å². The van der Waals surface area contributed by atoms with Crippen molar-refractivity contribution in [2.45, 2.75) is 32.1 Å². The number of carbonyl (C=O) groups excluding carboxylic acids is 1. The summed E-state index contributed by atoms with van der Waals surface area (Å²) in [6.07, 6.45) is 1.92. The van der Waals surface area contributed by atoms with Crippen LogP contribution in [-0.2, 0) is 17.1 Å². The molecule has 6 nitrogen and oxygen atoms in total. The average Bonchev–Trinajstić information content (AvgIpc) is 3.29. The summed E-state index contributed by atoms with van der Waals surface area (Å²) in [7, 11) is 0. The van der Waals surface area contributed by atoms with Gasteiger partial charge in [0.25, 0.3) is 0 Å².